The van der Waals surface area contributed by atoms with E-state index in [1.165, 1.54) is 0 Å². The van der Waals surface area contributed by atoms with Crippen LogP contribution in [0, 0.1) is 0 Å². The monoisotopic (exact) mass is 1050 g/mol. The fourth-order valence-corrected chi connectivity index (χ4v) is 12.9. The highest BCUT2D eigenvalue weighted by Crippen LogP contribution is 2.49. The van der Waals surface area contributed by atoms with Gasteiger partial charge in [-0.1, -0.05) is 224 Å². The van der Waals surface area contributed by atoms with Crippen molar-refractivity contribution in [1.29, 1.82) is 0 Å². The summed E-state index contributed by atoms with van der Waals surface area (Å²) in [5.74, 6) is 3.29. The van der Waals surface area contributed by atoms with Gasteiger partial charge in [-0.25, -0.2) is 19.9 Å². The Morgan fingerprint density at radius 3 is 0.756 bits per heavy atom. The molecule has 6 aromatic heterocycles. The first-order chi connectivity index (χ1) is 40.7. The Balaban J connectivity index is 1.13. The predicted molar refractivity (Wildman–Crippen MR) is 337 cm³/mol. The number of rotatable bonds is 8. The van der Waals surface area contributed by atoms with Gasteiger partial charge in [0.2, 0.25) is 0 Å². The Bertz CT molecular complexity index is 4890. The minimum atomic E-state index is 0.561. The van der Waals surface area contributed by atoms with E-state index < -0.39 is 0 Å². The molecular weight excluding hydrogens is 1000 g/mol. The van der Waals surface area contributed by atoms with Crippen LogP contribution < -0.4 is 0 Å². The van der Waals surface area contributed by atoms with E-state index in [0.717, 1.165) is 138 Å². The van der Waals surface area contributed by atoms with E-state index in [1.54, 1.807) is 0 Å². The SMILES string of the molecule is c1ccc(-c2nc(-c3ccccc3)nc(-c3cccc(-c4c(-n5c6ccccc6c6ccccc65)c(-n5c6ccccc6c6ccccc65)nc(-n5c6ccccc6c6ccccc65)c4-n4c5ccccc5c5ccccc54)c3)n2)cc1. The molecule has 0 unspecified atom stereocenters. The first-order valence-electron chi connectivity index (χ1n) is 27.7. The van der Waals surface area contributed by atoms with Gasteiger partial charge < -0.3 is 9.13 Å². The number of fused-ring (bicyclic) bond motifs is 12. The normalized spacial score (nSPS) is 11.9. The van der Waals surface area contributed by atoms with Crippen molar-refractivity contribution in [2.75, 3.05) is 0 Å². The summed E-state index contributed by atoms with van der Waals surface area (Å²) in [6, 6.07) is 99.5. The minimum absolute atomic E-state index is 0.561. The van der Waals surface area contributed by atoms with Crippen molar-refractivity contribution in [3.8, 4) is 68.3 Å². The molecule has 82 heavy (non-hydrogen) atoms. The van der Waals surface area contributed by atoms with Gasteiger partial charge in [0.1, 0.15) is 11.4 Å². The van der Waals surface area contributed by atoms with Crippen LogP contribution in [0.25, 0.3) is 156 Å². The van der Waals surface area contributed by atoms with Gasteiger partial charge in [0.05, 0.1) is 44.1 Å². The van der Waals surface area contributed by atoms with E-state index in [1.807, 2.05) is 36.4 Å². The summed E-state index contributed by atoms with van der Waals surface area (Å²) in [6.45, 7) is 0. The smallest absolute Gasteiger partial charge is 0.165 e. The first kappa shape index (κ1) is 45.8. The molecule has 0 aliphatic carbocycles. The summed E-state index contributed by atoms with van der Waals surface area (Å²) in [4.78, 5) is 22.2. The third kappa shape index (κ3) is 6.85. The maximum Gasteiger partial charge on any atom is 0.165 e. The largest absolute Gasteiger partial charge is 0.305 e. The number of benzene rings is 11. The highest BCUT2D eigenvalue weighted by molar-refractivity contribution is 6.16. The molecule has 0 amide bonds. The molecule has 0 bridgehead atoms. The topological polar surface area (TPSA) is 71.3 Å². The number of nitrogens with zero attached hydrogens (tertiary/aromatic N) is 8. The van der Waals surface area contributed by atoms with Crippen molar-refractivity contribution in [3.63, 3.8) is 0 Å². The predicted octanol–water partition coefficient (Wildman–Crippen LogP) is 18.3. The van der Waals surface area contributed by atoms with Crippen LogP contribution in [0.5, 0.6) is 0 Å². The van der Waals surface area contributed by atoms with Gasteiger partial charge in [-0.15, -0.1) is 0 Å². The number of hydrogen-bond donors (Lipinski definition) is 0. The molecule has 0 N–H and O–H groups in total. The van der Waals surface area contributed by atoms with Crippen LogP contribution in [-0.4, -0.2) is 38.2 Å². The number of pyridine rings is 1. The lowest BCUT2D eigenvalue weighted by atomic mass is 9.98. The zero-order chi connectivity index (χ0) is 53.8. The second-order valence-electron chi connectivity index (χ2n) is 20.9. The lowest BCUT2D eigenvalue weighted by Gasteiger charge is -2.27. The van der Waals surface area contributed by atoms with Gasteiger partial charge >= 0.3 is 0 Å². The van der Waals surface area contributed by atoms with Crippen molar-refractivity contribution in [1.82, 2.24) is 38.2 Å². The van der Waals surface area contributed by atoms with E-state index in [4.69, 9.17) is 19.9 Å². The molecular formula is C74H46N8. The molecule has 0 aliphatic heterocycles. The van der Waals surface area contributed by atoms with Crippen LogP contribution in [0.15, 0.2) is 279 Å². The molecule has 17 aromatic rings. The van der Waals surface area contributed by atoms with Crippen molar-refractivity contribution < 1.29 is 0 Å². The summed E-state index contributed by atoms with van der Waals surface area (Å²) >= 11 is 0. The Kier molecular flexibility index (Phi) is 10.1. The summed E-state index contributed by atoms with van der Waals surface area (Å²) < 4.78 is 9.79. The molecule has 0 aliphatic rings. The van der Waals surface area contributed by atoms with E-state index in [9.17, 15) is 0 Å². The molecule has 0 saturated heterocycles. The maximum atomic E-state index is 6.41. The fourth-order valence-electron chi connectivity index (χ4n) is 12.9. The molecule has 11 aromatic carbocycles. The highest BCUT2D eigenvalue weighted by Gasteiger charge is 2.33. The summed E-state index contributed by atoms with van der Waals surface area (Å²) in [7, 11) is 0. The Morgan fingerprint density at radius 1 is 0.195 bits per heavy atom. The molecule has 17 rings (SSSR count). The highest BCUT2D eigenvalue weighted by atomic mass is 15.2. The van der Waals surface area contributed by atoms with Gasteiger partial charge in [0.25, 0.3) is 0 Å². The van der Waals surface area contributed by atoms with E-state index in [2.05, 4.69) is 261 Å². The molecule has 8 heteroatoms. The fraction of sp³-hybridized carbons (Fsp3) is 0. The van der Waals surface area contributed by atoms with Crippen molar-refractivity contribution in [2.45, 2.75) is 0 Å². The van der Waals surface area contributed by atoms with Gasteiger partial charge in [-0.05, 0) is 60.2 Å². The molecule has 0 spiro atoms. The summed E-state index contributed by atoms with van der Waals surface area (Å²) in [5, 5.41) is 9.12. The molecule has 0 radical (unpaired) electrons. The quantitative estimate of drug-likeness (QED) is 0.152. The van der Waals surface area contributed by atoms with Crippen molar-refractivity contribution >= 4 is 87.2 Å². The van der Waals surface area contributed by atoms with Gasteiger partial charge in [-0.2, -0.15) is 0 Å². The lowest BCUT2D eigenvalue weighted by molar-refractivity contribution is 0.961. The molecule has 8 nitrogen and oxygen atoms in total. The third-order valence-corrected chi connectivity index (χ3v) is 16.4. The second-order valence-corrected chi connectivity index (χ2v) is 20.9. The minimum Gasteiger partial charge on any atom is -0.305 e. The number of aromatic nitrogens is 8. The van der Waals surface area contributed by atoms with Gasteiger partial charge in [0.15, 0.2) is 29.1 Å². The van der Waals surface area contributed by atoms with Gasteiger partial charge in [-0.3, -0.25) is 9.13 Å². The Labute approximate surface area is 470 Å². The first-order valence-corrected chi connectivity index (χ1v) is 27.7. The number of para-hydroxylation sites is 8. The standard InChI is InChI=1S/C74H46N8/c1-3-24-47(25-4-1)70-75-71(48-26-5-2-6-27-48)77-72(76-70)50-29-23-28-49(46-50)67-68(79-59-38-15-7-30-51(59)52-31-8-16-39-60(52)79)73(81-63-42-19-11-34-55(63)56-35-12-20-43-64(56)81)78-74(82-65-44-21-13-36-57(65)58-37-14-22-45-66(58)82)69(67)80-61-40-17-9-32-53(61)54-33-10-18-41-62(54)80/h1-46H. The maximum absolute atomic E-state index is 6.41. The Hall–Kier alpha value is -11.2. The second kappa shape index (κ2) is 18.2. The average Bonchev–Trinajstić information content (AvgIpc) is 4.09. The molecule has 0 atom stereocenters. The zero-order valence-electron chi connectivity index (χ0n) is 44.1. The molecule has 6 heterocycles. The number of hydrogen-bond acceptors (Lipinski definition) is 4. The van der Waals surface area contributed by atoms with E-state index in [0.29, 0.717) is 17.5 Å². The summed E-state index contributed by atoms with van der Waals surface area (Å²) in [5.41, 5.74) is 14.8. The Morgan fingerprint density at radius 2 is 0.439 bits per heavy atom. The van der Waals surface area contributed by atoms with Crippen LogP contribution in [-0.2, 0) is 0 Å². The van der Waals surface area contributed by atoms with Crippen LogP contribution >= 0.6 is 0 Å². The summed E-state index contributed by atoms with van der Waals surface area (Å²) in [6.07, 6.45) is 0. The van der Waals surface area contributed by atoms with Crippen LogP contribution in [0.2, 0.25) is 0 Å². The zero-order valence-corrected chi connectivity index (χ0v) is 44.1. The lowest BCUT2D eigenvalue weighted by Crippen LogP contribution is -2.16. The molecule has 382 valence electrons. The van der Waals surface area contributed by atoms with E-state index >= 15 is 0 Å². The van der Waals surface area contributed by atoms with Crippen LogP contribution in [0.1, 0.15) is 0 Å². The van der Waals surface area contributed by atoms with Crippen LogP contribution in [0.4, 0.5) is 0 Å². The molecule has 0 fully saturated rings. The molecule has 0 saturated carbocycles. The average molecular weight is 1050 g/mol. The van der Waals surface area contributed by atoms with Crippen molar-refractivity contribution in [3.05, 3.63) is 279 Å². The van der Waals surface area contributed by atoms with Gasteiger partial charge in [0, 0.05) is 65.3 Å². The van der Waals surface area contributed by atoms with Crippen LogP contribution in [0.3, 0.4) is 0 Å². The van der Waals surface area contributed by atoms with E-state index in [-0.39, 0.29) is 0 Å². The van der Waals surface area contributed by atoms with Crippen molar-refractivity contribution in [2.24, 2.45) is 0 Å². The third-order valence-electron chi connectivity index (χ3n) is 16.4.